The molecule has 0 aromatic heterocycles. The Morgan fingerprint density at radius 1 is 1.12 bits per heavy atom. The molecule has 0 N–H and O–H groups in total. The summed E-state index contributed by atoms with van der Waals surface area (Å²) >= 11 is 0. The van der Waals surface area contributed by atoms with E-state index < -0.39 is 0 Å². The minimum absolute atomic E-state index is 0.964. The lowest BCUT2D eigenvalue weighted by molar-refractivity contribution is 0.342. The van der Waals surface area contributed by atoms with Crippen LogP contribution in [0.25, 0.3) is 5.57 Å². The van der Waals surface area contributed by atoms with Crippen molar-refractivity contribution in [1.82, 2.24) is 0 Å². The molecule has 0 saturated heterocycles. The first-order chi connectivity index (χ1) is 8.25. The molecule has 0 heteroatoms. The number of rotatable bonds is 4. The van der Waals surface area contributed by atoms with Crippen LogP contribution in [0.15, 0.2) is 30.8 Å². The molecular formula is C17H24. The van der Waals surface area contributed by atoms with Crippen molar-refractivity contribution < 1.29 is 0 Å². The molecule has 1 aliphatic rings. The molecule has 2 rings (SSSR count). The summed E-state index contributed by atoms with van der Waals surface area (Å²) in [6.45, 7) is 6.37. The number of hydrogen-bond acceptors (Lipinski definition) is 0. The van der Waals surface area contributed by atoms with Gasteiger partial charge in [-0.05, 0) is 36.8 Å². The van der Waals surface area contributed by atoms with Crippen molar-refractivity contribution in [3.63, 3.8) is 0 Å². The van der Waals surface area contributed by atoms with Crippen molar-refractivity contribution in [1.29, 1.82) is 0 Å². The van der Waals surface area contributed by atoms with E-state index in [2.05, 4.69) is 37.8 Å². The van der Waals surface area contributed by atoms with Crippen molar-refractivity contribution in [3.8, 4) is 0 Å². The smallest absolute Gasteiger partial charge is 0.0230 e. The second kappa shape index (κ2) is 6.05. The molecule has 0 radical (unpaired) electrons. The van der Waals surface area contributed by atoms with Crippen molar-refractivity contribution in [3.05, 3.63) is 42.0 Å². The zero-order valence-electron chi connectivity index (χ0n) is 11.0. The van der Waals surface area contributed by atoms with Gasteiger partial charge in [-0.2, -0.15) is 0 Å². The summed E-state index contributed by atoms with van der Waals surface area (Å²) < 4.78 is 0. The summed E-state index contributed by atoms with van der Waals surface area (Å²) in [4.78, 5) is 0. The van der Waals surface area contributed by atoms with Gasteiger partial charge in [0.05, 0.1) is 0 Å². The van der Waals surface area contributed by atoms with Gasteiger partial charge in [0.2, 0.25) is 0 Å². The average molecular weight is 228 g/mol. The Hall–Kier alpha value is -1.04. The maximum Gasteiger partial charge on any atom is -0.0230 e. The fourth-order valence-corrected chi connectivity index (χ4v) is 2.79. The van der Waals surface area contributed by atoms with Gasteiger partial charge in [0, 0.05) is 0 Å². The summed E-state index contributed by atoms with van der Waals surface area (Å²) in [5.74, 6) is 0.964. The number of hydrogen-bond donors (Lipinski definition) is 0. The second-order valence-corrected chi connectivity index (χ2v) is 5.51. The highest BCUT2D eigenvalue weighted by molar-refractivity contribution is 5.63. The molecule has 0 bridgehead atoms. The molecule has 0 spiro atoms. The topological polar surface area (TPSA) is 0 Å². The van der Waals surface area contributed by atoms with Crippen LogP contribution in [0.1, 0.15) is 56.1 Å². The van der Waals surface area contributed by atoms with E-state index in [9.17, 15) is 0 Å². The minimum atomic E-state index is 0.964. The van der Waals surface area contributed by atoms with Crippen LogP contribution < -0.4 is 0 Å². The molecule has 1 fully saturated rings. The molecule has 0 heterocycles. The lowest BCUT2D eigenvalue weighted by Gasteiger charge is -2.21. The SMILES string of the molecule is C=C(CCC1CCCCC1)c1ccc(C)cc1. The Balaban J connectivity index is 1.82. The van der Waals surface area contributed by atoms with Gasteiger partial charge in [-0.3, -0.25) is 0 Å². The third kappa shape index (κ3) is 3.73. The average Bonchev–Trinajstić information content (AvgIpc) is 2.38. The van der Waals surface area contributed by atoms with Gasteiger partial charge in [0.1, 0.15) is 0 Å². The van der Waals surface area contributed by atoms with Crippen LogP contribution >= 0.6 is 0 Å². The minimum Gasteiger partial charge on any atom is -0.0952 e. The Morgan fingerprint density at radius 3 is 2.41 bits per heavy atom. The van der Waals surface area contributed by atoms with E-state index in [0.717, 1.165) is 5.92 Å². The fraction of sp³-hybridized carbons (Fsp3) is 0.529. The van der Waals surface area contributed by atoms with E-state index in [-0.39, 0.29) is 0 Å². The highest BCUT2D eigenvalue weighted by atomic mass is 14.2. The Morgan fingerprint density at radius 2 is 1.76 bits per heavy atom. The van der Waals surface area contributed by atoms with Crippen LogP contribution in [0.5, 0.6) is 0 Å². The van der Waals surface area contributed by atoms with Crippen LogP contribution in [-0.2, 0) is 0 Å². The van der Waals surface area contributed by atoms with E-state index in [1.807, 2.05) is 0 Å². The molecule has 17 heavy (non-hydrogen) atoms. The number of benzene rings is 1. The number of aryl methyl sites for hydroxylation is 1. The van der Waals surface area contributed by atoms with Crippen LogP contribution in [-0.4, -0.2) is 0 Å². The van der Waals surface area contributed by atoms with Gasteiger partial charge in [-0.1, -0.05) is 68.5 Å². The molecule has 1 saturated carbocycles. The first-order valence-electron chi connectivity index (χ1n) is 7.00. The predicted octanol–water partition coefficient (Wildman–Crippen LogP) is 5.37. The lowest BCUT2D eigenvalue weighted by Crippen LogP contribution is -2.06. The standard InChI is InChI=1S/C17H24/c1-14-8-12-17(13-9-14)15(2)10-11-16-6-4-3-5-7-16/h8-9,12-13,16H,2-7,10-11H2,1H3. The molecule has 0 unspecified atom stereocenters. The first-order valence-corrected chi connectivity index (χ1v) is 7.00. The van der Waals surface area contributed by atoms with E-state index >= 15 is 0 Å². The zero-order valence-corrected chi connectivity index (χ0v) is 11.0. The van der Waals surface area contributed by atoms with E-state index in [4.69, 9.17) is 0 Å². The van der Waals surface area contributed by atoms with Gasteiger partial charge in [0.15, 0.2) is 0 Å². The van der Waals surface area contributed by atoms with Crippen molar-refractivity contribution in [2.75, 3.05) is 0 Å². The molecule has 0 atom stereocenters. The van der Waals surface area contributed by atoms with Gasteiger partial charge < -0.3 is 0 Å². The van der Waals surface area contributed by atoms with Crippen molar-refractivity contribution in [2.24, 2.45) is 5.92 Å². The summed E-state index contributed by atoms with van der Waals surface area (Å²) in [6, 6.07) is 8.78. The van der Waals surface area contributed by atoms with Crippen LogP contribution in [0, 0.1) is 12.8 Å². The fourth-order valence-electron chi connectivity index (χ4n) is 2.79. The third-order valence-corrected chi connectivity index (χ3v) is 4.04. The molecule has 92 valence electrons. The van der Waals surface area contributed by atoms with E-state index in [1.165, 1.54) is 61.6 Å². The van der Waals surface area contributed by atoms with Gasteiger partial charge in [-0.15, -0.1) is 0 Å². The molecule has 0 amide bonds. The maximum atomic E-state index is 4.24. The largest absolute Gasteiger partial charge is 0.0952 e. The van der Waals surface area contributed by atoms with Gasteiger partial charge in [0.25, 0.3) is 0 Å². The zero-order chi connectivity index (χ0) is 12.1. The summed E-state index contributed by atoms with van der Waals surface area (Å²) in [6.07, 6.45) is 9.75. The maximum absolute atomic E-state index is 4.24. The monoisotopic (exact) mass is 228 g/mol. The molecule has 1 aromatic rings. The van der Waals surface area contributed by atoms with Crippen LogP contribution in [0.3, 0.4) is 0 Å². The van der Waals surface area contributed by atoms with E-state index in [1.54, 1.807) is 0 Å². The molecule has 1 aliphatic carbocycles. The highest BCUT2D eigenvalue weighted by Crippen LogP contribution is 2.30. The highest BCUT2D eigenvalue weighted by Gasteiger charge is 2.13. The lowest BCUT2D eigenvalue weighted by atomic mass is 9.84. The summed E-state index contributed by atoms with van der Waals surface area (Å²) in [5.41, 5.74) is 3.97. The third-order valence-electron chi connectivity index (χ3n) is 4.04. The van der Waals surface area contributed by atoms with Gasteiger partial charge in [-0.25, -0.2) is 0 Å². The normalized spacial score (nSPS) is 17.0. The Kier molecular flexibility index (Phi) is 4.42. The summed E-state index contributed by atoms with van der Waals surface area (Å²) in [7, 11) is 0. The Labute approximate surface area is 106 Å². The Bertz CT molecular complexity index is 352. The summed E-state index contributed by atoms with van der Waals surface area (Å²) in [5, 5.41) is 0. The molecule has 1 aromatic carbocycles. The predicted molar refractivity (Wildman–Crippen MR) is 76.0 cm³/mol. The van der Waals surface area contributed by atoms with Crippen LogP contribution in [0.2, 0.25) is 0 Å². The molecular weight excluding hydrogens is 204 g/mol. The van der Waals surface area contributed by atoms with Crippen molar-refractivity contribution in [2.45, 2.75) is 51.9 Å². The van der Waals surface area contributed by atoms with Crippen LogP contribution in [0.4, 0.5) is 0 Å². The van der Waals surface area contributed by atoms with Gasteiger partial charge >= 0.3 is 0 Å². The quantitative estimate of drug-likeness (QED) is 0.650. The molecule has 0 aliphatic heterocycles. The second-order valence-electron chi connectivity index (χ2n) is 5.51. The molecule has 0 nitrogen and oxygen atoms in total. The van der Waals surface area contributed by atoms with E-state index in [0.29, 0.717) is 0 Å². The number of allylic oxidation sites excluding steroid dienone is 1. The van der Waals surface area contributed by atoms with Crippen molar-refractivity contribution >= 4 is 5.57 Å². The first kappa shape index (κ1) is 12.4.